The average molecular weight is 1200 g/mol. The molecule has 23 heteroatoms. The minimum Gasteiger partial charge on any atom is -0.506 e. The van der Waals surface area contributed by atoms with Crippen LogP contribution in [0.5, 0.6) is 23.0 Å². The Morgan fingerprint density at radius 1 is 0.628 bits per heavy atom. The molecule has 12 N–H and O–H groups in total. The molecule has 0 aliphatic carbocycles. The number of anilines is 2. The molecule has 2 aliphatic heterocycles. The van der Waals surface area contributed by atoms with Crippen molar-refractivity contribution in [1.82, 2.24) is 4.90 Å². The Kier molecular flexibility index (Phi) is 28.2. The van der Waals surface area contributed by atoms with Gasteiger partial charge in [0.1, 0.15) is 46.6 Å². The van der Waals surface area contributed by atoms with E-state index in [1.54, 1.807) is 90.4 Å². The van der Waals surface area contributed by atoms with E-state index in [-0.39, 0.29) is 92.7 Å². The summed E-state index contributed by atoms with van der Waals surface area (Å²) >= 11 is 0. The summed E-state index contributed by atoms with van der Waals surface area (Å²) < 4.78 is 33.8. The van der Waals surface area contributed by atoms with Gasteiger partial charge in [0.2, 0.25) is 0 Å². The molecule has 0 saturated carbocycles. The van der Waals surface area contributed by atoms with Crippen LogP contribution in [0.4, 0.5) is 32.3 Å². The highest BCUT2D eigenvalue weighted by Crippen LogP contribution is 2.46. The Hall–Kier alpha value is -7.38. The number of phenols is 4. The number of aliphatic hydroxyl groups excluding tert-OH is 2. The van der Waals surface area contributed by atoms with Gasteiger partial charge in [-0.25, -0.2) is 9.59 Å². The summed E-state index contributed by atoms with van der Waals surface area (Å²) in [7, 11) is 7.70. The van der Waals surface area contributed by atoms with E-state index in [1.165, 1.54) is 52.7 Å². The summed E-state index contributed by atoms with van der Waals surface area (Å²) in [6.07, 6.45) is 8.56. The van der Waals surface area contributed by atoms with Crippen LogP contribution in [-0.2, 0) is 50.9 Å². The largest absolute Gasteiger partial charge is 0.506 e. The first kappa shape index (κ1) is 71.1. The molecule has 2 aromatic rings. The molecule has 4 bridgehead atoms. The fourth-order valence-corrected chi connectivity index (χ4v) is 10.5. The van der Waals surface area contributed by atoms with Crippen LogP contribution in [0.1, 0.15) is 92.2 Å². The van der Waals surface area contributed by atoms with Gasteiger partial charge in [0, 0.05) is 100 Å². The van der Waals surface area contributed by atoms with Gasteiger partial charge in [-0.2, -0.15) is 0 Å². The van der Waals surface area contributed by atoms with Crippen molar-refractivity contribution >= 4 is 59.2 Å². The van der Waals surface area contributed by atoms with E-state index in [0.717, 1.165) is 0 Å². The predicted molar refractivity (Wildman–Crippen MR) is 331 cm³/mol. The standard InChI is InChI=1S/C63H91N7O16/c1-34-26-42-52(46(71)32-44(56(42)75)68-60(77)36(3)18-14-20-48(81-10)58(85-62(64)79)40(7)30-38(5)54(73)50(28-34)83-12)66-22-16-24-70(9)25-17-23-67-53-43-27-35(2)29-51(84-13)55(74)39(6)31-41(8)59(86-63(65)80)49(82-11)21-15-19-37(4)61(78)69-45(57(43)76)33-47(53)72/h14-15,18-23,30-35,38-39,48-51,54-55,58-59,71-76H,16-17,24-29H2,1-13H3,(H2,64,79)(H2,65,80)(H,68,77)(H,69,78)/t34-,35-,38+,39+,48+,49+,50+,51+,54-,55-,58+,59+/m1/s1. The number of amides is 4. The summed E-state index contributed by atoms with van der Waals surface area (Å²) in [5.41, 5.74) is 13.0. The second-order valence-electron chi connectivity index (χ2n) is 22.4. The number of benzene rings is 2. The van der Waals surface area contributed by atoms with Crippen molar-refractivity contribution in [3.05, 3.63) is 94.2 Å². The van der Waals surface area contributed by atoms with Crippen LogP contribution in [0.3, 0.4) is 0 Å². The van der Waals surface area contributed by atoms with Gasteiger partial charge in [-0.05, 0) is 96.2 Å². The van der Waals surface area contributed by atoms with Crippen LogP contribution in [0, 0.1) is 23.7 Å². The molecule has 12 atom stereocenters. The minimum absolute atomic E-state index is 0.0542. The molecule has 4 rings (SSSR count). The number of nitrogens with zero attached hydrogens (tertiary/aromatic N) is 3. The number of carbonyl (C=O) groups excluding carboxylic acids is 4. The van der Waals surface area contributed by atoms with Gasteiger partial charge in [0.05, 0.1) is 35.8 Å². The highest BCUT2D eigenvalue weighted by atomic mass is 16.6. The van der Waals surface area contributed by atoms with Crippen LogP contribution in [-0.4, -0.2) is 169 Å². The Balaban J connectivity index is 1.59. The van der Waals surface area contributed by atoms with Crippen LogP contribution < -0.4 is 22.1 Å². The number of hydrogen-bond donors (Lipinski definition) is 10. The molecule has 0 unspecified atom stereocenters. The first-order chi connectivity index (χ1) is 40.6. The fraction of sp³-hybridized carbons (Fsp3) is 0.524. The first-order valence-electron chi connectivity index (χ1n) is 28.6. The third-order valence-electron chi connectivity index (χ3n) is 15.3. The number of hydrogen-bond acceptors (Lipinski definition) is 19. The zero-order valence-corrected chi connectivity index (χ0v) is 51.8. The topological polar surface area (TPSA) is 349 Å². The van der Waals surface area contributed by atoms with Crippen LogP contribution >= 0.6 is 0 Å². The number of aliphatic imine (C=N–C) groups is 2. The maximum Gasteiger partial charge on any atom is 0.405 e. The molecule has 0 fully saturated rings. The molecule has 2 aromatic carbocycles. The molecule has 0 radical (unpaired) electrons. The number of carbonyl (C=O) groups is 4. The maximum absolute atomic E-state index is 13.5. The monoisotopic (exact) mass is 1200 g/mol. The van der Waals surface area contributed by atoms with E-state index in [2.05, 4.69) is 20.6 Å². The number of rotatable bonds is 14. The molecule has 4 amide bonds. The van der Waals surface area contributed by atoms with Crippen LogP contribution in [0.25, 0.3) is 0 Å². The number of phenolic OH excluding ortho intramolecular Hbond substituents is 4. The van der Waals surface area contributed by atoms with E-state index in [4.69, 9.17) is 39.9 Å². The van der Waals surface area contributed by atoms with Crippen LogP contribution in [0.15, 0.2) is 93.0 Å². The lowest BCUT2D eigenvalue weighted by Crippen LogP contribution is -2.37. The van der Waals surface area contributed by atoms with Gasteiger partial charge < -0.3 is 86.1 Å². The van der Waals surface area contributed by atoms with Crippen LogP contribution in [0.2, 0.25) is 0 Å². The molecule has 23 nitrogen and oxygen atoms in total. The Labute approximate surface area is 504 Å². The summed E-state index contributed by atoms with van der Waals surface area (Å²) in [6.45, 7) is 14.9. The summed E-state index contributed by atoms with van der Waals surface area (Å²) in [5, 5.41) is 75.2. The summed E-state index contributed by atoms with van der Waals surface area (Å²) in [6, 6.07) is 2.45. The molecular formula is C63H91N7O16. The molecule has 86 heavy (non-hydrogen) atoms. The number of nitrogens with two attached hydrogens (primary N) is 2. The average Bonchev–Trinajstić information content (AvgIpc) is 2.54. The highest BCUT2D eigenvalue weighted by Gasteiger charge is 2.33. The maximum atomic E-state index is 13.5. The third kappa shape index (κ3) is 20.4. The molecular weight excluding hydrogens is 1110 g/mol. The number of primary amides is 2. The van der Waals surface area contributed by atoms with E-state index < -0.39 is 84.7 Å². The van der Waals surface area contributed by atoms with E-state index in [0.29, 0.717) is 49.9 Å². The first-order valence-corrected chi connectivity index (χ1v) is 28.6. The van der Waals surface area contributed by atoms with E-state index in [9.17, 15) is 49.8 Å². The molecule has 2 aliphatic rings. The van der Waals surface area contributed by atoms with E-state index in [1.807, 2.05) is 25.8 Å². The fourth-order valence-electron chi connectivity index (χ4n) is 10.5. The Bertz CT molecular complexity index is 2720. The lowest BCUT2D eigenvalue weighted by Gasteiger charge is -2.29. The Morgan fingerprint density at radius 3 is 1.31 bits per heavy atom. The smallest absolute Gasteiger partial charge is 0.405 e. The molecule has 0 aromatic heterocycles. The molecule has 2 heterocycles. The number of aromatic hydroxyl groups is 4. The lowest BCUT2D eigenvalue weighted by molar-refractivity contribution is -0.113. The summed E-state index contributed by atoms with van der Waals surface area (Å²) in [5.74, 6) is -3.96. The van der Waals surface area contributed by atoms with Crippen molar-refractivity contribution in [1.29, 1.82) is 0 Å². The SMILES string of the molecule is CO[C@H]1C=CC=C(C)C(=O)Nc2cc(O)c(N=CCCN(C)CCC=Nc3c(O)cc4c(O)c3C[C@@H](C)C[C@H](OC)[C@H](O)[C@@H](C)C=C(C)[C@H](OC(N)=O)[C@@H](OC)C=CC=C(C)C(=O)N4)c(c2O)C[C@@H](C)C[C@H](OC)[C@H](O)[C@@H](C)C=C(C)[C@@H]1OC(N)=O. The normalized spacial score (nSPS) is 26.4. The number of allylic oxidation sites excluding steroid dienone is 4. The van der Waals surface area contributed by atoms with Gasteiger partial charge in [-0.3, -0.25) is 19.6 Å². The quantitative estimate of drug-likeness (QED) is 0.0368. The van der Waals surface area contributed by atoms with Crippen molar-refractivity contribution in [2.24, 2.45) is 45.1 Å². The molecule has 0 saturated heterocycles. The van der Waals surface area contributed by atoms with Crippen molar-refractivity contribution in [2.45, 2.75) is 143 Å². The number of aliphatic hydroxyl groups is 2. The van der Waals surface area contributed by atoms with Gasteiger partial charge >= 0.3 is 12.2 Å². The third-order valence-corrected chi connectivity index (χ3v) is 15.3. The second kappa shape index (κ2) is 34.1. The number of nitrogens with one attached hydrogen (secondary N) is 2. The molecule has 474 valence electrons. The number of fused-ring (bicyclic) bond motifs is 4. The molecule has 0 spiro atoms. The zero-order chi connectivity index (χ0) is 64.1. The van der Waals surface area contributed by atoms with Gasteiger partial charge in [0.15, 0.2) is 12.2 Å². The predicted octanol–water partition coefficient (Wildman–Crippen LogP) is 8.25. The Morgan fingerprint density at radius 2 is 0.988 bits per heavy atom. The highest BCUT2D eigenvalue weighted by molar-refractivity contribution is 6.05. The number of methoxy groups -OCH3 is 4. The van der Waals surface area contributed by atoms with Crippen molar-refractivity contribution in [3.63, 3.8) is 0 Å². The van der Waals surface area contributed by atoms with E-state index >= 15 is 0 Å². The van der Waals surface area contributed by atoms with Crippen molar-refractivity contribution in [3.8, 4) is 23.0 Å². The van der Waals surface area contributed by atoms with Crippen molar-refractivity contribution in [2.75, 3.05) is 59.2 Å². The minimum atomic E-state index is -1.04. The van der Waals surface area contributed by atoms with Gasteiger partial charge in [-0.1, -0.05) is 76.3 Å². The number of ether oxygens (including phenoxy) is 6. The van der Waals surface area contributed by atoms with Gasteiger partial charge in [-0.15, -0.1) is 0 Å². The van der Waals surface area contributed by atoms with Gasteiger partial charge in [0.25, 0.3) is 11.8 Å². The second-order valence-corrected chi connectivity index (χ2v) is 22.4. The lowest BCUT2D eigenvalue weighted by atomic mass is 9.87. The van der Waals surface area contributed by atoms with Crippen molar-refractivity contribution < 1.29 is 78.2 Å². The zero-order valence-electron chi connectivity index (χ0n) is 51.8. The summed E-state index contributed by atoms with van der Waals surface area (Å²) in [4.78, 5) is 62.3.